The molecule has 3 heteroatoms. The maximum absolute atomic E-state index is 10.4. The Morgan fingerprint density at radius 1 is 1.50 bits per heavy atom. The molecule has 0 N–H and O–H groups in total. The highest BCUT2D eigenvalue weighted by Gasteiger charge is 2.54. The molecule has 1 aliphatic heterocycles. The van der Waals surface area contributed by atoms with E-state index in [1.807, 2.05) is 30.3 Å². The van der Waals surface area contributed by atoms with E-state index >= 15 is 0 Å². The smallest absolute Gasteiger partial charge is 0.200 e. The number of ether oxygens (including phenoxy) is 2. The Labute approximate surface area is 82.6 Å². The molecule has 2 atom stereocenters. The van der Waals surface area contributed by atoms with Crippen LogP contribution in [0.15, 0.2) is 30.3 Å². The summed E-state index contributed by atoms with van der Waals surface area (Å²) in [5.74, 6) is -0.697. The van der Waals surface area contributed by atoms with Gasteiger partial charge in [0.05, 0.1) is 6.61 Å². The number of carbonyl (C=O) groups is 1. The molecule has 0 aromatic heterocycles. The first-order valence-corrected chi connectivity index (χ1v) is 4.55. The van der Waals surface area contributed by atoms with E-state index in [2.05, 4.69) is 0 Å². The zero-order valence-electron chi connectivity index (χ0n) is 7.97. The molecule has 1 aromatic rings. The van der Waals surface area contributed by atoms with E-state index in [0.717, 1.165) is 11.8 Å². The van der Waals surface area contributed by atoms with Crippen LogP contribution in [0.25, 0.3) is 0 Å². The number of aldehydes is 1. The van der Waals surface area contributed by atoms with Gasteiger partial charge < -0.3 is 14.3 Å². The Bertz CT molecular complexity index is 323. The molecule has 0 radical (unpaired) electrons. The largest absolute Gasteiger partial charge is 0.342 e. The van der Waals surface area contributed by atoms with Gasteiger partial charge in [0.2, 0.25) is 0 Å². The van der Waals surface area contributed by atoms with Crippen LogP contribution in [0.1, 0.15) is 12.5 Å². The van der Waals surface area contributed by atoms with Crippen LogP contribution in [0.3, 0.4) is 0 Å². The van der Waals surface area contributed by atoms with Crippen molar-refractivity contribution in [3.8, 4) is 0 Å². The lowest BCUT2D eigenvalue weighted by Crippen LogP contribution is -2.15. The minimum Gasteiger partial charge on any atom is -0.342 e. The Kier molecular flexibility index (Phi) is 2.35. The fourth-order valence-corrected chi connectivity index (χ4v) is 1.29. The van der Waals surface area contributed by atoms with Gasteiger partial charge in [0.15, 0.2) is 18.2 Å². The summed E-state index contributed by atoms with van der Waals surface area (Å²) in [4.78, 5) is 10.4. The average molecular weight is 192 g/mol. The standard InChI is InChI=1S/C11H12O3/c1-11(10(7-12)14-11)13-8-9-5-3-2-4-6-9/h2-7,10H,8H2,1H3. The van der Waals surface area contributed by atoms with Crippen LogP contribution >= 0.6 is 0 Å². The van der Waals surface area contributed by atoms with E-state index in [-0.39, 0.29) is 0 Å². The van der Waals surface area contributed by atoms with Gasteiger partial charge in [0, 0.05) is 0 Å². The quantitative estimate of drug-likeness (QED) is 0.536. The van der Waals surface area contributed by atoms with Gasteiger partial charge in [0.25, 0.3) is 0 Å². The second-order valence-corrected chi connectivity index (χ2v) is 3.46. The minimum atomic E-state index is -0.697. The predicted molar refractivity (Wildman–Crippen MR) is 50.6 cm³/mol. The highest BCUT2D eigenvalue weighted by atomic mass is 16.8. The van der Waals surface area contributed by atoms with E-state index in [9.17, 15) is 4.79 Å². The van der Waals surface area contributed by atoms with Crippen molar-refractivity contribution in [3.05, 3.63) is 35.9 Å². The summed E-state index contributed by atoms with van der Waals surface area (Å²) in [7, 11) is 0. The highest BCUT2D eigenvalue weighted by Crippen LogP contribution is 2.36. The third kappa shape index (κ3) is 1.84. The van der Waals surface area contributed by atoms with E-state index in [4.69, 9.17) is 9.47 Å². The van der Waals surface area contributed by atoms with Crippen LogP contribution in [0.2, 0.25) is 0 Å². The number of rotatable bonds is 4. The van der Waals surface area contributed by atoms with Crippen molar-refractivity contribution in [2.24, 2.45) is 0 Å². The maximum Gasteiger partial charge on any atom is 0.200 e. The SMILES string of the molecule is CC1(OCc2ccccc2)OC1C=O. The van der Waals surface area contributed by atoms with Gasteiger partial charge in [-0.05, 0) is 12.5 Å². The van der Waals surface area contributed by atoms with Gasteiger partial charge in [0.1, 0.15) is 0 Å². The summed E-state index contributed by atoms with van der Waals surface area (Å²) in [6.45, 7) is 2.25. The van der Waals surface area contributed by atoms with Crippen LogP contribution < -0.4 is 0 Å². The molecular formula is C11H12O3. The van der Waals surface area contributed by atoms with E-state index < -0.39 is 11.9 Å². The molecule has 1 aliphatic rings. The van der Waals surface area contributed by atoms with Crippen molar-refractivity contribution in [3.63, 3.8) is 0 Å². The third-order valence-corrected chi connectivity index (χ3v) is 2.31. The molecule has 14 heavy (non-hydrogen) atoms. The normalized spacial score (nSPS) is 29.9. The lowest BCUT2D eigenvalue weighted by molar-refractivity contribution is -0.109. The Hall–Kier alpha value is -1.19. The van der Waals surface area contributed by atoms with Crippen molar-refractivity contribution in [2.45, 2.75) is 25.4 Å². The average Bonchev–Trinajstić information content (AvgIpc) is 2.89. The molecule has 0 aliphatic carbocycles. The van der Waals surface area contributed by atoms with Crippen LogP contribution in [-0.4, -0.2) is 18.2 Å². The van der Waals surface area contributed by atoms with Gasteiger partial charge in [-0.15, -0.1) is 0 Å². The molecule has 1 heterocycles. The Balaban J connectivity index is 1.87. The third-order valence-electron chi connectivity index (χ3n) is 2.31. The van der Waals surface area contributed by atoms with E-state index in [0.29, 0.717) is 6.61 Å². The summed E-state index contributed by atoms with van der Waals surface area (Å²) in [5, 5.41) is 0. The predicted octanol–water partition coefficient (Wildman–Crippen LogP) is 1.52. The van der Waals surface area contributed by atoms with Crippen molar-refractivity contribution in [1.29, 1.82) is 0 Å². The van der Waals surface area contributed by atoms with E-state index in [1.54, 1.807) is 6.92 Å². The van der Waals surface area contributed by atoms with Crippen molar-refractivity contribution < 1.29 is 14.3 Å². The van der Waals surface area contributed by atoms with Gasteiger partial charge in [-0.1, -0.05) is 30.3 Å². The fourth-order valence-electron chi connectivity index (χ4n) is 1.29. The molecule has 74 valence electrons. The first-order valence-electron chi connectivity index (χ1n) is 4.55. The summed E-state index contributed by atoms with van der Waals surface area (Å²) in [6, 6.07) is 9.80. The molecule has 1 aromatic carbocycles. The summed E-state index contributed by atoms with van der Waals surface area (Å²) >= 11 is 0. The lowest BCUT2D eigenvalue weighted by atomic mass is 10.2. The molecule has 1 fully saturated rings. The van der Waals surface area contributed by atoms with Gasteiger partial charge in [-0.3, -0.25) is 0 Å². The summed E-state index contributed by atoms with van der Waals surface area (Å²) in [6.07, 6.45) is 0.372. The summed E-state index contributed by atoms with van der Waals surface area (Å²) in [5.41, 5.74) is 1.08. The Morgan fingerprint density at radius 3 is 2.79 bits per heavy atom. The van der Waals surface area contributed by atoms with Crippen LogP contribution in [0.4, 0.5) is 0 Å². The zero-order chi connectivity index (χ0) is 10.0. The second kappa shape index (κ2) is 3.52. The van der Waals surface area contributed by atoms with Crippen LogP contribution in [0, 0.1) is 0 Å². The molecular weight excluding hydrogens is 180 g/mol. The fraction of sp³-hybridized carbons (Fsp3) is 0.364. The molecule has 0 amide bonds. The molecule has 0 bridgehead atoms. The number of hydrogen-bond donors (Lipinski definition) is 0. The van der Waals surface area contributed by atoms with Crippen molar-refractivity contribution in [2.75, 3.05) is 0 Å². The van der Waals surface area contributed by atoms with E-state index in [1.165, 1.54) is 0 Å². The molecule has 2 rings (SSSR count). The molecule has 0 spiro atoms. The topological polar surface area (TPSA) is 38.8 Å². The molecule has 0 saturated carbocycles. The number of epoxide rings is 1. The zero-order valence-corrected chi connectivity index (χ0v) is 7.97. The van der Waals surface area contributed by atoms with Crippen LogP contribution in [-0.2, 0) is 20.9 Å². The lowest BCUT2D eigenvalue weighted by Gasteiger charge is -2.07. The van der Waals surface area contributed by atoms with Crippen molar-refractivity contribution >= 4 is 6.29 Å². The second-order valence-electron chi connectivity index (χ2n) is 3.46. The number of hydrogen-bond acceptors (Lipinski definition) is 3. The van der Waals surface area contributed by atoms with Crippen LogP contribution in [0.5, 0.6) is 0 Å². The number of benzene rings is 1. The van der Waals surface area contributed by atoms with Gasteiger partial charge in [-0.25, -0.2) is 0 Å². The minimum absolute atomic E-state index is 0.397. The first kappa shape index (κ1) is 9.37. The molecule has 1 saturated heterocycles. The Morgan fingerprint density at radius 2 is 2.21 bits per heavy atom. The van der Waals surface area contributed by atoms with Crippen molar-refractivity contribution in [1.82, 2.24) is 0 Å². The maximum atomic E-state index is 10.4. The highest BCUT2D eigenvalue weighted by molar-refractivity contribution is 5.61. The molecule has 2 unspecified atom stereocenters. The van der Waals surface area contributed by atoms with Gasteiger partial charge >= 0.3 is 0 Å². The number of carbonyl (C=O) groups excluding carboxylic acids is 1. The first-order chi connectivity index (χ1) is 6.74. The summed E-state index contributed by atoms with van der Waals surface area (Å²) < 4.78 is 10.6. The molecule has 3 nitrogen and oxygen atoms in total. The monoisotopic (exact) mass is 192 g/mol. The van der Waals surface area contributed by atoms with Gasteiger partial charge in [-0.2, -0.15) is 0 Å².